The van der Waals surface area contributed by atoms with Crippen LogP contribution in [-0.2, 0) is 11.0 Å². The molecule has 1 aliphatic heterocycles. The third kappa shape index (κ3) is 2.34. The molecule has 3 nitrogen and oxygen atoms in total. The van der Waals surface area contributed by atoms with Gasteiger partial charge in [-0.1, -0.05) is 0 Å². The van der Waals surface area contributed by atoms with E-state index in [4.69, 9.17) is 0 Å². The van der Waals surface area contributed by atoms with Crippen LogP contribution in [0.3, 0.4) is 0 Å². The summed E-state index contributed by atoms with van der Waals surface area (Å²) in [4.78, 5) is 13.9. The summed E-state index contributed by atoms with van der Waals surface area (Å²) in [5, 5.41) is 2.89. The number of benzene rings is 1. The second-order valence-corrected chi connectivity index (χ2v) is 5.75. The summed E-state index contributed by atoms with van der Waals surface area (Å²) >= 11 is 0. The molecule has 1 N–H and O–H groups in total. The fourth-order valence-corrected chi connectivity index (χ4v) is 2.34. The molecule has 6 heteroatoms. The molecule has 1 amide bonds. The summed E-state index contributed by atoms with van der Waals surface area (Å²) in [6.07, 6.45) is -4.40. The molecule has 1 aromatic carbocycles. The predicted octanol–water partition coefficient (Wildman–Crippen LogP) is 3.65. The molecule has 0 bridgehead atoms. The van der Waals surface area contributed by atoms with Gasteiger partial charge in [0.05, 0.1) is 16.9 Å². The highest BCUT2D eigenvalue weighted by Crippen LogP contribution is 2.40. The quantitative estimate of drug-likeness (QED) is 0.854. The molecule has 0 saturated heterocycles. The smallest absolute Gasteiger partial charge is 0.370 e. The van der Waals surface area contributed by atoms with Crippen molar-refractivity contribution in [2.45, 2.75) is 45.5 Å². The average Bonchev–Trinajstić information content (AvgIpc) is 2.27. The van der Waals surface area contributed by atoms with Crippen LogP contribution in [0.5, 0.6) is 0 Å². The van der Waals surface area contributed by atoms with Gasteiger partial charge in [-0.3, -0.25) is 4.79 Å². The Hall–Kier alpha value is -1.72. The zero-order valence-corrected chi connectivity index (χ0v) is 11.8. The SMILES string of the molecule is CC(C)N1C(=O)C(C)(C)Nc2cc(C(F)(F)F)ccc21. The van der Waals surface area contributed by atoms with Gasteiger partial charge >= 0.3 is 6.18 Å². The van der Waals surface area contributed by atoms with Crippen molar-refractivity contribution in [3.05, 3.63) is 23.8 Å². The lowest BCUT2D eigenvalue weighted by atomic mass is 9.96. The van der Waals surface area contributed by atoms with E-state index in [-0.39, 0.29) is 11.9 Å². The van der Waals surface area contributed by atoms with Gasteiger partial charge in [-0.25, -0.2) is 0 Å². The summed E-state index contributed by atoms with van der Waals surface area (Å²) in [5.74, 6) is -0.153. The standard InChI is InChI=1S/C14H17F3N2O/c1-8(2)19-11-6-5-9(14(15,16)17)7-10(11)18-13(3,4)12(19)20/h5-8,18H,1-4H3. The lowest BCUT2D eigenvalue weighted by molar-refractivity contribution is -0.137. The molecule has 0 aromatic heterocycles. The molecule has 0 fully saturated rings. The Balaban J connectivity index is 2.58. The number of anilines is 2. The van der Waals surface area contributed by atoms with Crippen molar-refractivity contribution in [2.75, 3.05) is 10.2 Å². The van der Waals surface area contributed by atoms with Gasteiger partial charge in [0.15, 0.2) is 0 Å². The third-order valence-corrected chi connectivity index (χ3v) is 3.30. The highest BCUT2D eigenvalue weighted by molar-refractivity contribution is 6.07. The number of halogens is 3. The summed E-state index contributed by atoms with van der Waals surface area (Å²) in [6, 6.07) is 3.28. The van der Waals surface area contributed by atoms with Crippen LogP contribution in [0.2, 0.25) is 0 Å². The maximum Gasteiger partial charge on any atom is 0.416 e. The van der Waals surface area contributed by atoms with E-state index in [9.17, 15) is 18.0 Å². The number of fused-ring (bicyclic) bond motifs is 1. The van der Waals surface area contributed by atoms with Gasteiger partial charge in [0.25, 0.3) is 5.91 Å². The van der Waals surface area contributed by atoms with Crippen molar-refractivity contribution in [1.29, 1.82) is 0 Å². The van der Waals surface area contributed by atoms with Crippen LogP contribution in [-0.4, -0.2) is 17.5 Å². The summed E-state index contributed by atoms with van der Waals surface area (Å²) in [5.41, 5.74) is -0.838. The topological polar surface area (TPSA) is 32.3 Å². The van der Waals surface area contributed by atoms with Gasteiger partial charge in [0.2, 0.25) is 0 Å². The molecule has 110 valence electrons. The van der Waals surface area contributed by atoms with Crippen molar-refractivity contribution >= 4 is 17.3 Å². The normalized spacial score (nSPS) is 18.0. The summed E-state index contributed by atoms with van der Waals surface area (Å²) in [6.45, 7) is 6.99. The van der Waals surface area contributed by atoms with Crippen LogP contribution >= 0.6 is 0 Å². The number of hydrogen-bond acceptors (Lipinski definition) is 2. The number of carbonyl (C=O) groups excluding carboxylic acids is 1. The van der Waals surface area contributed by atoms with Crippen molar-refractivity contribution < 1.29 is 18.0 Å². The fourth-order valence-electron chi connectivity index (χ4n) is 2.34. The van der Waals surface area contributed by atoms with E-state index in [2.05, 4.69) is 5.32 Å². The first-order valence-corrected chi connectivity index (χ1v) is 6.37. The first kappa shape index (κ1) is 14.7. The van der Waals surface area contributed by atoms with E-state index < -0.39 is 17.3 Å². The van der Waals surface area contributed by atoms with E-state index in [0.717, 1.165) is 12.1 Å². The molecule has 0 spiro atoms. The van der Waals surface area contributed by atoms with Crippen LogP contribution < -0.4 is 10.2 Å². The van der Waals surface area contributed by atoms with Gasteiger partial charge in [-0.2, -0.15) is 13.2 Å². The summed E-state index contributed by atoms with van der Waals surface area (Å²) in [7, 11) is 0. The number of carbonyl (C=O) groups is 1. The Labute approximate surface area is 115 Å². The molecule has 1 aliphatic rings. The van der Waals surface area contributed by atoms with Crippen molar-refractivity contribution in [2.24, 2.45) is 0 Å². The highest BCUT2D eigenvalue weighted by Gasteiger charge is 2.41. The summed E-state index contributed by atoms with van der Waals surface area (Å²) < 4.78 is 38.3. The van der Waals surface area contributed by atoms with E-state index in [0.29, 0.717) is 11.4 Å². The minimum atomic E-state index is -4.40. The highest BCUT2D eigenvalue weighted by atomic mass is 19.4. The zero-order valence-electron chi connectivity index (χ0n) is 11.8. The van der Waals surface area contributed by atoms with Crippen LogP contribution in [0, 0.1) is 0 Å². The third-order valence-electron chi connectivity index (χ3n) is 3.30. The lowest BCUT2D eigenvalue weighted by Crippen LogP contribution is -2.56. The van der Waals surface area contributed by atoms with Gasteiger partial charge in [-0.15, -0.1) is 0 Å². The molecule has 20 heavy (non-hydrogen) atoms. The Bertz CT molecular complexity index is 550. The average molecular weight is 286 g/mol. The van der Waals surface area contributed by atoms with E-state index in [1.54, 1.807) is 13.8 Å². The van der Waals surface area contributed by atoms with Crippen molar-refractivity contribution in [3.8, 4) is 0 Å². The van der Waals surface area contributed by atoms with Crippen LogP contribution in [0.4, 0.5) is 24.5 Å². The van der Waals surface area contributed by atoms with Crippen LogP contribution in [0.1, 0.15) is 33.3 Å². The molecule has 1 heterocycles. The van der Waals surface area contributed by atoms with Gasteiger partial charge < -0.3 is 10.2 Å². The number of nitrogens with one attached hydrogen (secondary N) is 1. The first-order chi connectivity index (χ1) is 9.04. The second-order valence-electron chi connectivity index (χ2n) is 5.75. The molecule has 0 saturated carbocycles. The molecule has 0 unspecified atom stereocenters. The minimum Gasteiger partial charge on any atom is -0.370 e. The Morgan fingerprint density at radius 3 is 2.35 bits per heavy atom. The van der Waals surface area contributed by atoms with Crippen molar-refractivity contribution in [1.82, 2.24) is 0 Å². The van der Waals surface area contributed by atoms with Gasteiger partial charge in [0.1, 0.15) is 5.54 Å². The monoisotopic (exact) mass is 286 g/mol. The Kier molecular flexibility index (Phi) is 3.23. The van der Waals surface area contributed by atoms with Gasteiger partial charge in [0, 0.05) is 6.04 Å². The van der Waals surface area contributed by atoms with E-state index >= 15 is 0 Å². The van der Waals surface area contributed by atoms with Crippen LogP contribution in [0.15, 0.2) is 18.2 Å². The molecule has 0 atom stereocenters. The molecule has 2 rings (SSSR count). The largest absolute Gasteiger partial charge is 0.416 e. The maximum absolute atomic E-state index is 12.8. The number of nitrogens with zero attached hydrogens (tertiary/aromatic N) is 1. The predicted molar refractivity (Wildman–Crippen MR) is 71.8 cm³/mol. The van der Waals surface area contributed by atoms with Crippen molar-refractivity contribution in [3.63, 3.8) is 0 Å². The molecule has 0 radical (unpaired) electrons. The van der Waals surface area contributed by atoms with E-state index in [1.807, 2.05) is 13.8 Å². The van der Waals surface area contributed by atoms with Gasteiger partial charge in [-0.05, 0) is 45.9 Å². The number of hydrogen-bond donors (Lipinski definition) is 1. The maximum atomic E-state index is 12.8. The zero-order chi connectivity index (χ0) is 15.3. The number of amides is 1. The molecular weight excluding hydrogens is 269 g/mol. The second kappa shape index (κ2) is 4.40. The Morgan fingerprint density at radius 1 is 1.25 bits per heavy atom. The van der Waals surface area contributed by atoms with Crippen LogP contribution in [0.25, 0.3) is 0 Å². The number of alkyl halides is 3. The molecule has 0 aliphatic carbocycles. The molecule has 1 aromatic rings. The number of rotatable bonds is 1. The van der Waals surface area contributed by atoms with E-state index in [1.165, 1.54) is 11.0 Å². The lowest BCUT2D eigenvalue weighted by Gasteiger charge is -2.42. The fraction of sp³-hybridized carbons (Fsp3) is 0.500. The minimum absolute atomic E-state index is 0.126. The Morgan fingerprint density at radius 2 is 1.85 bits per heavy atom. The first-order valence-electron chi connectivity index (χ1n) is 6.37. The molecular formula is C14H17F3N2O.